The first-order chi connectivity index (χ1) is 10.3. The highest BCUT2D eigenvalue weighted by Crippen LogP contribution is 2.34. The molecule has 0 aliphatic carbocycles. The lowest BCUT2D eigenvalue weighted by Crippen LogP contribution is -1.97. The molecule has 106 valence electrons. The van der Waals surface area contributed by atoms with Gasteiger partial charge in [0.25, 0.3) is 0 Å². The number of pyridine rings is 1. The van der Waals surface area contributed by atoms with E-state index < -0.39 is 0 Å². The van der Waals surface area contributed by atoms with Gasteiger partial charge in [0, 0.05) is 30.3 Å². The number of rotatable bonds is 1. The zero-order valence-electron chi connectivity index (χ0n) is 11.2. The number of fused-ring (bicyclic) bond motifs is 2. The Balaban J connectivity index is 1.83. The molecule has 1 aliphatic rings. The summed E-state index contributed by atoms with van der Waals surface area (Å²) < 4.78 is 11.3. The van der Waals surface area contributed by atoms with Crippen molar-refractivity contribution < 1.29 is 14.6 Å². The molecule has 3 aromatic rings. The molecule has 4 rings (SSSR count). The summed E-state index contributed by atoms with van der Waals surface area (Å²) in [6.07, 6.45) is 3.90. The van der Waals surface area contributed by atoms with Gasteiger partial charge in [0.15, 0.2) is 11.5 Å². The van der Waals surface area contributed by atoms with E-state index in [2.05, 4.69) is 15.0 Å². The van der Waals surface area contributed by atoms with Crippen molar-refractivity contribution in [3.63, 3.8) is 0 Å². The van der Waals surface area contributed by atoms with Crippen LogP contribution in [0.25, 0.3) is 22.4 Å². The SMILES string of the molecule is Oc1cncc(-c2nc3cc4c(cc3[nH]2)OCCCO4)c1. The molecule has 6 nitrogen and oxygen atoms in total. The zero-order valence-corrected chi connectivity index (χ0v) is 11.2. The summed E-state index contributed by atoms with van der Waals surface area (Å²) in [6, 6.07) is 5.37. The molecular formula is C15H13N3O3. The molecule has 0 unspecified atom stereocenters. The Kier molecular flexibility index (Phi) is 2.67. The van der Waals surface area contributed by atoms with E-state index in [9.17, 15) is 5.11 Å². The lowest BCUT2D eigenvalue weighted by Gasteiger charge is -2.05. The van der Waals surface area contributed by atoms with Crippen molar-refractivity contribution in [2.24, 2.45) is 0 Å². The van der Waals surface area contributed by atoms with E-state index in [1.807, 2.05) is 12.1 Å². The molecule has 0 fully saturated rings. The number of H-pyrrole nitrogens is 1. The summed E-state index contributed by atoms with van der Waals surface area (Å²) in [5.41, 5.74) is 2.37. The van der Waals surface area contributed by atoms with E-state index in [1.165, 1.54) is 6.20 Å². The first-order valence-electron chi connectivity index (χ1n) is 6.73. The number of imidazole rings is 1. The van der Waals surface area contributed by atoms with Gasteiger partial charge in [-0.25, -0.2) is 4.98 Å². The van der Waals surface area contributed by atoms with Crippen LogP contribution in [0.1, 0.15) is 6.42 Å². The first kappa shape index (κ1) is 12.0. The van der Waals surface area contributed by atoms with Crippen LogP contribution in [0.5, 0.6) is 17.2 Å². The molecule has 2 aromatic heterocycles. The molecule has 2 N–H and O–H groups in total. The predicted molar refractivity (Wildman–Crippen MR) is 76.6 cm³/mol. The highest BCUT2D eigenvalue weighted by Gasteiger charge is 2.14. The van der Waals surface area contributed by atoms with Gasteiger partial charge in [0.2, 0.25) is 0 Å². The predicted octanol–water partition coefficient (Wildman–Crippen LogP) is 2.49. The second-order valence-corrected chi connectivity index (χ2v) is 4.88. The Morgan fingerprint density at radius 2 is 1.86 bits per heavy atom. The third-order valence-electron chi connectivity index (χ3n) is 3.35. The fraction of sp³-hybridized carbons (Fsp3) is 0.200. The molecule has 0 radical (unpaired) electrons. The molecule has 0 saturated heterocycles. The average molecular weight is 283 g/mol. The van der Waals surface area contributed by atoms with Crippen LogP contribution in [0.2, 0.25) is 0 Å². The van der Waals surface area contributed by atoms with E-state index in [0.29, 0.717) is 24.8 Å². The van der Waals surface area contributed by atoms with Crippen molar-refractivity contribution in [3.05, 3.63) is 30.6 Å². The maximum Gasteiger partial charge on any atom is 0.163 e. The highest BCUT2D eigenvalue weighted by molar-refractivity contribution is 5.83. The maximum absolute atomic E-state index is 9.51. The second-order valence-electron chi connectivity index (χ2n) is 4.88. The molecule has 3 heterocycles. The number of nitrogens with zero attached hydrogens (tertiary/aromatic N) is 2. The molecule has 6 heteroatoms. The van der Waals surface area contributed by atoms with E-state index in [0.717, 1.165) is 28.8 Å². The average Bonchev–Trinajstić information content (AvgIpc) is 2.76. The number of ether oxygens (including phenoxy) is 2. The van der Waals surface area contributed by atoms with Crippen molar-refractivity contribution in [1.82, 2.24) is 15.0 Å². The van der Waals surface area contributed by atoms with Gasteiger partial charge in [0.05, 0.1) is 30.4 Å². The van der Waals surface area contributed by atoms with E-state index in [-0.39, 0.29) is 5.75 Å². The Labute approximate surface area is 120 Å². The topological polar surface area (TPSA) is 80.3 Å². The van der Waals surface area contributed by atoms with Crippen LogP contribution in [-0.4, -0.2) is 33.3 Å². The van der Waals surface area contributed by atoms with Gasteiger partial charge in [-0.1, -0.05) is 0 Å². The number of nitrogens with one attached hydrogen (secondary N) is 1. The van der Waals surface area contributed by atoms with Gasteiger partial charge in [-0.3, -0.25) is 4.98 Å². The summed E-state index contributed by atoms with van der Waals surface area (Å²) in [4.78, 5) is 11.7. The van der Waals surface area contributed by atoms with Crippen molar-refractivity contribution >= 4 is 11.0 Å². The Bertz CT molecular complexity index is 770. The number of aromatic amines is 1. The molecule has 1 aromatic carbocycles. The van der Waals surface area contributed by atoms with Crippen LogP contribution < -0.4 is 9.47 Å². The fourth-order valence-corrected chi connectivity index (χ4v) is 2.36. The van der Waals surface area contributed by atoms with Crippen LogP contribution in [0.4, 0.5) is 0 Å². The number of hydrogen-bond acceptors (Lipinski definition) is 5. The number of hydrogen-bond donors (Lipinski definition) is 2. The van der Waals surface area contributed by atoms with Crippen molar-refractivity contribution in [2.75, 3.05) is 13.2 Å². The lowest BCUT2D eigenvalue weighted by atomic mass is 10.2. The fourth-order valence-electron chi connectivity index (χ4n) is 2.36. The summed E-state index contributed by atoms with van der Waals surface area (Å²) in [5, 5.41) is 9.51. The van der Waals surface area contributed by atoms with Gasteiger partial charge in [-0.15, -0.1) is 0 Å². The van der Waals surface area contributed by atoms with E-state index in [4.69, 9.17) is 9.47 Å². The Morgan fingerprint density at radius 1 is 1.05 bits per heavy atom. The van der Waals surface area contributed by atoms with Crippen LogP contribution in [0.3, 0.4) is 0 Å². The molecule has 0 amide bonds. The lowest BCUT2D eigenvalue weighted by molar-refractivity contribution is 0.297. The maximum atomic E-state index is 9.51. The molecule has 0 spiro atoms. The largest absolute Gasteiger partial charge is 0.506 e. The van der Waals surface area contributed by atoms with E-state index >= 15 is 0 Å². The van der Waals surface area contributed by atoms with Crippen molar-refractivity contribution in [2.45, 2.75) is 6.42 Å². The van der Waals surface area contributed by atoms with Gasteiger partial charge < -0.3 is 19.6 Å². The third-order valence-corrected chi connectivity index (χ3v) is 3.35. The minimum Gasteiger partial charge on any atom is -0.506 e. The van der Waals surface area contributed by atoms with Gasteiger partial charge >= 0.3 is 0 Å². The highest BCUT2D eigenvalue weighted by atomic mass is 16.5. The zero-order chi connectivity index (χ0) is 14.2. The van der Waals surface area contributed by atoms with Crippen molar-refractivity contribution in [1.29, 1.82) is 0 Å². The minimum atomic E-state index is 0.107. The molecule has 1 aliphatic heterocycles. The van der Waals surface area contributed by atoms with Crippen molar-refractivity contribution in [3.8, 4) is 28.6 Å². The summed E-state index contributed by atoms with van der Waals surface area (Å²) in [5.74, 6) is 2.19. The minimum absolute atomic E-state index is 0.107. The Hall–Kier alpha value is -2.76. The van der Waals surface area contributed by atoms with Gasteiger partial charge in [-0.05, 0) is 6.07 Å². The normalized spacial score (nSPS) is 14.1. The van der Waals surface area contributed by atoms with E-state index in [1.54, 1.807) is 12.3 Å². The molecule has 0 saturated carbocycles. The first-order valence-corrected chi connectivity index (χ1v) is 6.73. The standard InChI is InChI=1S/C15H13N3O3/c19-10-4-9(7-16-8-10)15-17-11-5-13-14(6-12(11)18-15)21-3-1-2-20-13/h4-8,19H,1-3H2,(H,17,18). The van der Waals surface area contributed by atoms with Crippen LogP contribution in [-0.2, 0) is 0 Å². The molecular weight excluding hydrogens is 270 g/mol. The second kappa shape index (κ2) is 4.66. The molecule has 21 heavy (non-hydrogen) atoms. The van der Waals surface area contributed by atoms with Crippen LogP contribution in [0.15, 0.2) is 30.6 Å². The van der Waals surface area contributed by atoms with Gasteiger partial charge in [0.1, 0.15) is 11.6 Å². The van der Waals surface area contributed by atoms with Crippen LogP contribution in [0, 0.1) is 0 Å². The smallest absolute Gasteiger partial charge is 0.163 e. The molecule has 0 atom stereocenters. The number of benzene rings is 1. The summed E-state index contributed by atoms with van der Waals surface area (Å²) in [6.45, 7) is 1.29. The number of aromatic nitrogens is 3. The Morgan fingerprint density at radius 3 is 2.67 bits per heavy atom. The number of aromatic hydroxyl groups is 1. The van der Waals surface area contributed by atoms with Crippen LogP contribution >= 0.6 is 0 Å². The van der Waals surface area contributed by atoms with Gasteiger partial charge in [-0.2, -0.15) is 0 Å². The summed E-state index contributed by atoms with van der Waals surface area (Å²) >= 11 is 0. The molecule has 0 bridgehead atoms. The quantitative estimate of drug-likeness (QED) is 0.717. The summed E-state index contributed by atoms with van der Waals surface area (Å²) in [7, 11) is 0. The third kappa shape index (κ3) is 2.14. The monoisotopic (exact) mass is 283 g/mol.